The number of aryl methyl sites for hydroxylation is 2. The van der Waals surface area contributed by atoms with E-state index in [1.165, 1.54) is 24.4 Å². The molecule has 0 bridgehead atoms. The number of nitro benzene ring substituents is 1. The molecule has 2 aromatic carbocycles. The van der Waals surface area contributed by atoms with E-state index in [4.69, 9.17) is 16.0 Å². The molecule has 1 unspecified atom stereocenters. The Labute approximate surface area is 215 Å². The van der Waals surface area contributed by atoms with Gasteiger partial charge in [-0.15, -0.1) is 5.10 Å². The maximum absolute atomic E-state index is 12.4. The highest BCUT2D eigenvalue weighted by Crippen LogP contribution is 2.33. The number of halogens is 1. The van der Waals surface area contributed by atoms with Crippen LogP contribution in [-0.4, -0.2) is 33.4 Å². The summed E-state index contributed by atoms with van der Waals surface area (Å²) in [6.45, 7) is 3.87. The molecule has 184 valence electrons. The van der Waals surface area contributed by atoms with Gasteiger partial charge in [0.2, 0.25) is 11.8 Å². The molecule has 10 nitrogen and oxygen atoms in total. The molecule has 1 aromatic heterocycles. The quantitative estimate of drug-likeness (QED) is 0.250. The number of benzene rings is 2. The number of nitrogens with zero attached hydrogens (tertiary/aromatic N) is 3. The van der Waals surface area contributed by atoms with Crippen molar-refractivity contribution in [2.24, 2.45) is 10.2 Å². The third-order valence-corrected chi connectivity index (χ3v) is 6.49. The van der Waals surface area contributed by atoms with Crippen molar-refractivity contribution in [3.8, 4) is 11.3 Å². The Balaban J connectivity index is 1.37. The van der Waals surface area contributed by atoms with Gasteiger partial charge in [-0.3, -0.25) is 19.7 Å². The van der Waals surface area contributed by atoms with E-state index in [2.05, 4.69) is 20.8 Å². The first-order valence-electron chi connectivity index (χ1n) is 10.7. The van der Waals surface area contributed by atoms with Crippen molar-refractivity contribution >= 4 is 57.9 Å². The number of rotatable bonds is 7. The zero-order valence-electron chi connectivity index (χ0n) is 19.1. The molecule has 2 heterocycles. The van der Waals surface area contributed by atoms with Gasteiger partial charge < -0.3 is 15.1 Å². The van der Waals surface area contributed by atoms with Gasteiger partial charge >= 0.3 is 0 Å². The summed E-state index contributed by atoms with van der Waals surface area (Å²) in [4.78, 5) is 35.5. The lowest BCUT2D eigenvalue weighted by atomic mass is 10.1. The molecule has 1 fully saturated rings. The van der Waals surface area contributed by atoms with Gasteiger partial charge in [0, 0.05) is 23.2 Å². The largest absolute Gasteiger partial charge is 0.455 e. The topological polar surface area (TPSA) is 139 Å². The van der Waals surface area contributed by atoms with Crippen LogP contribution in [0.4, 0.5) is 11.4 Å². The third-order valence-electron chi connectivity index (χ3n) is 5.19. The summed E-state index contributed by atoms with van der Waals surface area (Å²) in [7, 11) is 0. The number of nitro groups is 1. The predicted molar refractivity (Wildman–Crippen MR) is 140 cm³/mol. The number of carbonyl (C=O) groups is 2. The predicted octanol–water partition coefficient (Wildman–Crippen LogP) is 5.08. The van der Waals surface area contributed by atoms with Gasteiger partial charge in [0.25, 0.3) is 5.69 Å². The molecule has 0 radical (unpaired) electrons. The molecule has 12 heteroatoms. The summed E-state index contributed by atoms with van der Waals surface area (Å²) in [6.07, 6.45) is 1.29. The Morgan fingerprint density at radius 1 is 1.25 bits per heavy atom. The van der Waals surface area contributed by atoms with Crippen molar-refractivity contribution in [3.63, 3.8) is 0 Å². The molecule has 2 N–H and O–H groups in total. The second-order valence-electron chi connectivity index (χ2n) is 7.94. The molecule has 36 heavy (non-hydrogen) atoms. The Morgan fingerprint density at radius 3 is 2.81 bits per heavy atom. The van der Waals surface area contributed by atoms with Crippen molar-refractivity contribution in [1.29, 1.82) is 0 Å². The highest BCUT2D eigenvalue weighted by atomic mass is 35.5. The summed E-state index contributed by atoms with van der Waals surface area (Å²) in [6, 6.07) is 13.1. The van der Waals surface area contributed by atoms with Gasteiger partial charge in [0.05, 0.1) is 16.7 Å². The SMILES string of the molecule is Cc1ccc(NC(=O)CC2S/C(=N\N=C\c3ccc(-c4ccc(Cl)cc4[N+](=O)[O-])o3)NC2=O)c(C)c1. The van der Waals surface area contributed by atoms with E-state index in [9.17, 15) is 19.7 Å². The van der Waals surface area contributed by atoms with Crippen molar-refractivity contribution in [1.82, 2.24) is 5.32 Å². The van der Waals surface area contributed by atoms with Gasteiger partial charge in [-0.2, -0.15) is 5.10 Å². The van der Waals surface area contributed by atoms with Crippen LogP contribution in [0.25, 0.3) is 11.3 Å². The van der Waals surface area contributed by atoms with Crippen LogP contribution >= 0.6 is 23.4 Å². The van der Waals surface area contributed by atoms with Crippen LogP contribution in [-0.2, 0) is 9.59 Å². The summed E-state index contributed by atoms with van der Waals surface area (Å²) < 4.78 is 5.62. The van der Waals surface area contributed by atoms with Gasteiger partial charge in [-0.05, 0) is 49.7 Å². The highest BCUT2D eigenvalue weighted by Gasteiger charge is 2.32. The standard InChI is InChI=1S/C24H20ClN5O5S/c1-13-3-7-18(14(2)9-13)27-22(31)11-21-23(32)28-24(36-21)29-26-12-16-5-8-20(35-16)17-6-4-15(25)10-19(17)30(33)34/h3-10,12,21H,11H2,1-2H3,(H,27,31)(H,28,29,32)/b26-12+. The van der Waals surface area contributed by atoms with Crippen LogP contribution in [0.5, 0.6) is 0 Å². The third kappa shape index (κ3) is 5.99. The molecular formula is C24H20ClN5O5S. The molecule has 0 saturated carbocycles. The highest BCUT2D eigenvalue weighted by molar-refractivity contribution is 8.15. The number of hydrogen-bond acceptors (Lipinski definition) is 8. The average molecular weight is 526 g/mol. The van der Waals surface area contributed by atoms with Crippen LogP contribution in [0.3, 0.4) is 0 Å². The molecule has 0 aliphatic carbocycles. The van der Waals surface area contributed by atoms with E-state index in [0.717, 1.165) is 22.9 Å². The van der Waals surface area contributed by atoms with Crippen LogP contribution in [0, 0.1) is 24.0 Å². The molecule has 1 aliphatic heterocycles. The number of hydrogen-bond donors (Lipinski definition) is 2. The summed E-state index contributed by atoms with van der Waals surface area (Å²) >= 11 is 6.96. The molecule has 1 saturated heterocycles. The maximum Gasteiger partial charge on any atom is 0.281 e. The number of furan rings is 1. The van der Waals surface area contributed by atoms with Gasteiger partial charge in [-0.25, -0.2) is 0 Å². The smallest absolute Gasteiger partial charge is 0.281 e. The van der Waals surface area contributed by atoms with Crippen molar-refractivity contribution in [3.05, 3.63) is 80.6 Å². The second-order valence-corrected chi connectivity index (χ2v) is 9.56. The number of amides is 2. The first kappa shape index (κ1) is 25.1. The fourth-order valence-corrected chi connectivity index (χ4v) is 4.57. The second kappa shape index (κ2) is 10.8. The van der Waals surface area contributed by atoms with Crippen LogP contribution < -0.4 is 10.6 Å². The number of thioether (sulfide) groups is 1. The number of nitrogens with one attached hydrogen (secondary N) is 2. The minimum absolute atomic E-state index is 0.0199. The zero-order chi connectivity index (χ0) is 25.8. The number of anilines is 1. The molecule has 4 rings (SSSR count). The van der Waals surface area contributed by atoms with E-state index < -0.39 is 10.2 Å². The molecule has 3 aromatic rings. The van der Waals surface area contributed by atoms with E-state index in [1.807, 2.05) is 32.0 Å². The number of amidine groups is 1. The molecular weight excluding hydrogens is 506 g/mol. The molecule has 0 spiro atoms. The first-order valence-corrected chi connectivity index (χ1v) is 11.9. The normalized spacial score (nSPS) is 16.5. The van der Waals surface area contributed by atoms with Gasteiger partial charge in [0.15, 0.2) is 5.17 Å². The minimum Gasteiger partial charge on any atom is -0.455 e. The fraction of sp³-hybridized carbons (Fsp3) is 0.167. The van der Waals surface area contributed by atoms with E-state index >= 15 is 0 Å². The first-order chi connectivity index (χ1) is 17.2. The summed E-state index contributed by atoms with van der Waals surface area (Å²) in [5.41, 5.74) is 2.83. The van der Waals surface area contributed by atoms with Crippen molar-refractivity contribution in [2.75, 3.05) is 5.32 Å². The van der Waals surface area contributed by atoms with Gasteiger partial charge in [-0.1, -0.05) is 41.1 Å². The Morgan fingerprint density at radius 2 is 2.06 bits per heavy atom. The monoisotopic (exact) mass is 525 g/mol. The molecule has 1 aliphatic rings. The van der Waals surface area contributed by atoms with E-state index in [-0.39, 0.29) is 45.4 Å². The van der Waals surface area contributed by atoms with Crippen LogP contribution in [0.1, 0.15) is 23.3 Å². The van der Waals surface area contributed by atoms with E-state index in [0.29, 0.717) is 11.4 Å². The van der Waals surface area contributed by atoms with Crippen molar-refractivity contribution in [2.45, 2.75) is 25.5 Å². The average Bonchev–Trinajstić information content (AvgIpc) is 3.42. The van der Waals surface area contributed by atoms with Crippen LogP contribution in [0.15, 0.2) is 63.2 Å². The summed E-state index contributed by atoms with van der Waals surface area (Å²) in [5.74, 6) is -0.0398. The lowest BCUT2D eigenvalue weighted by Gasteiger charge is -2.10. The zero-order valence-corrected chi connectivity index (χ0v) is 20.7. The lowest BCUT2D eigenvalue weighted by Crippen LogP contribution is -2.28. The maximum atomic E-state index is 12.4. The Kier molecular flexibility index (Phi) is 7.51. The lowest BCUT2D eigenvalue weighted by molar-refractivity contribution is -0.384. The minimum atomic E-state index is -0.634. The van der Waals surface area contributed by atoms with Crippen molar-refractivity contribution < 1.29 is 18.9 Å². The fourth-order valence-electron chi connectivity index (χ4n) is 3.48. The van der Waals surface area contributed by atoms with E-state index in [1.54, 1.807) is 12.1 Å². The van der Waals surface area contributed by atoms with Crippen LogP contribution in [0.2, 0.25) is 5.02 Å². The number of carbonyl (C=O) groups excluding carboxylic acids is 2. The van der Waals surface area contributed by atoms with Gasteiger partial charge in [0.1, 0.15) is 16.8 Å². The Bertz CT molecular complexity index is 1420. The molecule has 1 atom stereocenters. The summed E-state index contributed by atoms with van der Waals surface area (Å²) in [5, 5.41) is 24.5. The Hall–Kier alpha value is -3.96. The molecule has 2 amide bonds.